The van der Waals surface area contributed by atoms with Crippen LogP contribution in [0.25, 0.3) is 0 Å². The largest absolute Gasteiger partial charge is 0.457 e. The zero-order valence-corrected chi connectivity index (χ0v) is 29.8. The fourth-order valence-electron chi connectivity index (χ4n) is 4.12. The first kappa shape index (κ1) is 37.4. The quantitative estimate of drug-likeness (QED) is 0.125. The number of thioether (sulfide) groups is 2. The monoisotopic (exact) mass is 705 g/mol. The Labute approximate surface area is 280 Å². The molecule has 3 N–H and O–H groups in total. The van der Waals surface area contributed by atoms with Crippen molar-refractivity contribution in [3.8, 4) is 23.0 Å². The van der Waals surface area contributed by atoms with Gasteiger partial charge in [-0.25, -0.2) is 13.6 Å². The Morgan fingerprint density at radius 3 is 1.33 bits per heavy atom. The van der Waals surface area contributed by atoms with Gasteiger partial charge in [0, 0.05) is 34.0 Å². The summed E-state index contributed by atoms with van der Waals surface area (Å²) in [5.74, 6) is 2.54. The van der Waals surface area contributed by atoms with E-state index in [1.807, 2.05) is 99.0 Å². The molecule has 4 aromatic rings. The maximum atomic E-state index is 11.5. The van der Waals surface area contributed by atoms with E-state index in [2.05, 4.69) is 0 Å². The van der Waals surface area contributed by atoms with Crippen LogP contribution in [0.2, 0.25) is 0 Å². The van der Waals surface area contributed by atoms with Crippen molar-refractivity contribution in [1.29, 1.82) is 0 Å². The van der Waals surface area contributed by atoms with Gasteiger partial charge in [-0.3, -0.25) is 4.55 Å². The molecule has 0 bridgehead atoms. The third-order valence-corrected chi connectivity index (χ3v) is 9.49. The number of primary sulfonamides is 1. The van der Waals surface area contributed by atoms with Crippen molar-refractivity contribution in [3.05, 3.63) is 96.1 Å². The van der Waals surface area contributed by atoms with Crippen molar-refractivity contribution in [2.75, 3.05) is 40.7 Å². The molecule has 0 unspecified atom stereocenters. The van der Waals surface area contributed by atoms with E-state index in [0.29, 0.717) is 41.7 Å². The lowest BCUT2D eigenvalue weighted by Crippen LogP contribution is -2.15. The first-order chi connectivity index (χ1) is 21.6. The zero-order chi connectivity index (χ0) is 34.1. The van der Waals surface area contributed by atoms with Gasteiger partial charge in [0.05, 0.1) is 9.79 Å². The van der Waals surface area contributed by atoms with Crippen LogP contribution >= 0.6 is 23.5 Å². The molecule has 0 aliphatic heterocycles. The van der Waals surface area contributed by atoms with Gasteiger partial charge < -0.3 is 19.3 Å². The summed E-state index contributed by atoms with van der Waals surface area (Å²) in [5.41, 5.74) is 1.44. The predicted molar refractivity (Wildman–Crippen MR) is 185 cm³/mol. The maximum Gasteiger partial charge on any atom is 0.294 e. The van der Waals surface area contributed by atoms with Gasteiger partial charge in [-0.1, -0.05) is 0 Å². The molecule has 0 aromatic heterocycles. The van der Waals surface area contributed by atoms with Crippen molar-refractivity contribution in [1.82, 2.24) is 9.80 Å². The SMILES string of the molecule is CSc1ccc(Oc2ccc(S(=O)(=O)O)cc2CN(C)C)cc1.CSc1ccc(Oc2ccc(S(N)(=O)=O)cc2CN(C)C)cc1. The van der Waals surface area contributed by atoms with Crippen molar-refractivity contribution >= 4 is 43.7 Å². The van der Waals surface area contributed by atoms with Crippen molar-refractivity contribution in [3.63, 3.8) is 0 Å². The van der Waals surface area contributed by atoms with E-state index in [1.54, 1.807) is 41.7 Å². The molecule has 0 saturated heterocycles. The topological polar surface area (TPSA) is 139 Å². The Morgan fingerprint density at radius 1 is 0.630 bits per heavy atom. The van der Waals surface area contributed by atoms with Crippen LogP contribution in [0.3, 0.4) is 0 Å². The summed E-state index contributed by atoms with van der Waals surface area (Å²) in [5, 5.41) is 5.21. The van der Waals surface area contributed by atoms with Gasteiger partial charge in [0.25, 0.3) is 10.1 Å². The van der Waals surface area contributed by atoms with Crippen LogP contribution < -0.4 is 14.6 Å². The van der Waals surface area contributed by atoms with Crippen molar-refractivity contribution in [2.24, 2.45) is 5.14 Å². The van der Waals surface area contributed by atoms with E-state index in [0.717, 1.165) is 15.4 Å². The summed E-state index contributed by atoms with van der Waals surface area (Å²) in [4.78, 5) is 6.06. The van der Waals surface area contributed by atoms with Crippen molar-refractivity contribution in [2.45, 2.75) is 32.7 Å². The Kier molecular flexibility index (Phi) is 13.5. The lowest BCUT2D eigenvalue weighted by Gasteiger charge is -2.16. The highest BCUT2D eigenvalue weighted by Crippen LogP contribution is 2.31. The number of rotatable bonds is 12. The maximum absolute atomic E-state index is 11.5. The Hall–Kier alpha value is -3.08. The molecular weight excluding hydrogens is 667 g/mol. The zero-order valence-electron chi connectivity index (χ0n) is 26.5. The minimum Gasteiger partial charge on any atom is -0.457 e. The molecule has 0 spiro atoms. The molecule has 0 aliphatic rings. The number of benzene rings is 4. The highest BCUT2D eigenvalue weighted by atomic mass is 32.2. The van der Waals surface area contributed by atoms with Gasteiger partial charge in [-0.05, 0) is 126 Å². The molecule has 4 aromatic carbocycles. The van der Waals surface area contributed by atoms with Gasteiger partial charge in [-0.15, -0.1) is 23.5 Å². The third kappa shape index (κ3) is 11.6. The highest BCUT2D eigenvalue weighted by molar-refractivity contribution is 7.98. The van der Waals surface area contributed by atoms with E-state index < -0.39 is 20.1 Å². The Bertz CT molecular complexity index is 1680. The molecular formula is C32H39N3O7S4. The average molecular weight is 706 g/mol. The van der Waals surface area contributed by atoms with Gasteiger partial charge >= 0.3 is 0 Å². The van der Waals surface area contributed by atoms with E-state index in [4.69, 9.17) is 14.6 Å². The van der Waals surface area contributed by atoms with Crippen molar-refractivity contribution < 1.29 is 30.9 Å². The summed E-state index contributed by atoms with van der Waals surface area (Å²) in [6, 6.07) is 24.3. The molecule has 248 valence electrons. The molecule has 46 heavy (non-hydrogen) atoms. The van der Waals surface area contributed by atoms with Crippen LogP contribution in [0.4, 0.5) is 0 Å². The number of hydrogen-bond acceptors (Lipinski definition) is 10. The van der Waals surface area contributed by atoms with Crippen LogP contribution in [0, 0.1) is 0 Å². The molecule has 0 saturated carbocycles. The van der Waals surface area contributed by atoms with Crippen LogP contribution in [0.5, 0.6) is 23.0 Å². The minimum atomic E-state index is -4.24. The lowest BCUT2D eigenvalue weighted by atomic mass is 10.2. The third-order valence-electron chi connectivity index (χ3n) is 6.24. The van der Waals surface area contributed by atoms with Gasteiger partial charge in [0.15, 0.2) is 0 Å². The van der Waals surface area contributed by atoms with Crippen LogP contribution in [-0.4, -0.2) is 71.9 Å². The second kappa shape index (κ2) is 16.7. The summed E-state index contributed by atoms with van der Waals surface area (Å²) >= 11 is 3.30. The molecule has 10 nitrogen and oxygen atoms in total. The number of hydrogen-bond donors (Lipinski definition) is 2. The fourth-order valence-corrected chi connectivity index (χ4v) is 6.03. The predicted octanol–water partition coefficient (Wildman–Crippen LogP) is 6.42. The highest BCUT2D eigenvalue weighted by Gasteiger charge is 2.16. The average Bonchev–Trinajstić information content (AvgIpc) is 2.98. The smallest absolute Gasteiger partial charge is 0.294 e. The van der Waals surface area contributed by atoms with Crippen LogP contribution in [0.15, 0.2) is 105 Å². The summed E-state index contributed by atoms with van der Waals surface area (Å²) in [6.45, 7) is 1.03. The van der Waals surface area contributed by atoms with Crippen LogP contribution in [-0.2, 0) is 33.2 Å². The van der Waals surface area contributed by atoms with E-state index in [-0.39, 0.29) is 9.79 Å². The molecule has 0 aliphatic carbocycles. The molecule has 0 fully saturated rings. The molecule has 0 amide bonds. The van der Waals surface area contributed by atoms with E-state index in [9.17, 15) is 21.4 Å². The minimum absolute atomic E-state index is 0.0828. The van der Waals surface area contributed by atoms with E-state index in [1.165, 1.54) is 18.2 Å². The van der Waals surface area contributed by atoms with Crippen LogP contribution in [0.1, 0.15) is 11.1 Å². The van der Waals surface area contributed by atoms with E-state index >= 15 is 0 Å². The molecule has 14 heteroatoms. The fraction of sp³-hybridized carbons (Fsp3) is 0.250. The molecule has 4 rings (SSSR count). The lowest BCUT2D eigenvalue weighted by molar-refractivity contribution is 0.387. The Morgan fingerprint density at radius 2 is 1.00 bits per heavy atom. The first-order valence-corrected chi connectivity index (χ1v) is 19.2. The van der Waals surface area contributed by atoms with Gasteiger partial charge in [-0.2, -0.15) is 8.42 Å². The molecule has 0 heterocycles. The standard InChI is InChI=1S/C16H20N2O3S2.C16H19NO4S2/c1-18(2)11-12-10-15(23(17,19)20)8-9-16(12)21-13-4-6-14(22-3)7-5-13;1-17(2)11-12-10-15(23(18,19)20)8-9-16(12)21-13-4-6-14(22-3)7-5-13/h4-10H,11H2,1-3H3,(H2,17,19,20);4-10H,11H2,1-3H3,(H,18,19,20). The first-order valence-electron chi connectivity index (χ1n) is 13.8. The number of sulfonamides is 1. The summed E-state index contributed by atoms with van der Waals surface area (Å²) in [6.07, 6.45) is 4.01. The number of nitrogens with two attached hydrogens (primary N) is 1. The summed E-state index contributed by atoms with van der Waals surface area (Å²) in [7, 11) is -0.422. The Balaban J connectivity index is 0.000000250. The normalized spacial score (nSPS) is 11.7. The summed E-state index contributed by atoms with van der Waals surface area (Å²) < 4.78 is 66.7. The second-order valence-corrected chi connectivity index (χ2v) is 15.3. The number of ether oxygens (including phenoxy) is 2. The van der Waals surface area contributed by atoms with Gasteiger partial charge in [0.1, 0.15) is 23.0 Å². The number of nitrogens with zero attached hydrogens (tertiary/aromatic N) is 2. The molecule has 0 radical (unpaired) electrons. The van der Waals surface area contributed by atoms with Gasteiger partial charge in [0.2, 0.25) is 10.0 Å². The molecule has 0 atom stereocenters. The second-order valence-electron chi connectivity index (χ2n) is 10.6.